The molecule has 0 radical (unpaired) electrons. The van der Waals surface area contributed by atoms with Crippen LogP contribution in [-0.2, 0) is 18.4 Å². The number of hydrogen-bond donors (Lipinski definition) is 2. The van der Waals surface area contributed by atoms with Gasteiger partial charge in [0.05, 0.1) is 12.9 Å². The molecule has 2 aromatic carbocycles. The molecule has 11 heteroatoms. The number of benzene rings is 2. The molecule has 2 N–H and O–H groups in total. The fourth-order valence-corrected chi connectivity index (χ4v) is 3.89. The SMILES string of the molecule is COc1ccc(NC(=O)c2cnc(SCC(=O)NCc3ccc4c(c3)OCO4)n(C)c2=O)cc1. The monoisotopic (exact) mass is 482 g/mol. The molecule has 0 saturated carbocycles. The smallest absolute Gasteiger partial charge is 0.266 e. The van der Waals surface area contributed by atoms with Gasteiger partial charge in [0.15, 0.2) is 16.7 Å². The average molecular weight is 483 g/mol. The summed E-state index contributed by atoms with van der Waals surface area (Å²) in [6.07, 6.45) is 1.22. The van der Waals surface area contributed by atoms with E-state index in [9.17, 15) is 14.4 Å². The van der Waals surface area contributed by atoms with Crippen LogP contribution in [0.15, 0.2) is 58.6 Å². The molecule has 0 saturated heterocycles. The summed E-state index contributed by atoms with van der Waals surface area (Å²) in [6, 6.07) is 12.2. The lowest BCUT2D eigenvalue weighted by Gasteiger charge is -2.10. The molecule has 2 heterocycles. The van der Waals surface area contributed by atoms with Gasteiger partial charge in [-0.3, -0.25) is 19.0 Å². The van der Waals surface area contributed by atoms with E-state index in [0.29, 0.717) is 34.6 Å². The summed E-state index contributed by atoms with van der Waals surface area (Å²) in [4.78, 5) is 41.7. The first-order valence-electron chi connectivity index (χ1n) is 10.2. The number of fused-ring (bicyclic) bond motifs is 1. The molecule has 1 aliphatic heterocycles. The molecule has 0 atom stereocenters. The summed E-state index contributed by atoms with van der Waals surface area (Å²) in [7, 11) is 3.05. The van der Waals surface area contributed by atoms with Crippen LogP contribution in [0, 0.1) is 0 Å². The lowest BCUT2D eigenvalue weighted by Crippen LogP contribution is -2.30. The summed E-state index contributed by atoms with van der Waals surface area (Å²) < 4.78 is 16.9. The zero-order valence-electron chi connectivity index (χ0n) is 18.5. The van der Waals surface area contributed by atoms with E-state index >= 15 is 0 Å². The van der Waals surface area contributed by atoms with E-state index in [4.69, 9.17) is 14.2 Å². The Balaban J connectivity index is 1.32. The summed E-state index contributed by atoms with van der Waals surface area (Å²) in [5, 5.41) is 5.80. The van der Waals surface area contributed by atoms with Crippen molar-refractivity contribution in [1.82, 2.24) is 14.9 Å². The number of aromatic nitrogens is 2. The molecular formula is C23H22N4O6S. The Morgan fingerprint density at radius 2 is 1.91 bits per heavy atom. The summed E-state index contributed by atoms with van der Waals surface area (Å²) >= 11 is 1.10. The highest BCUT2D eigenvalue weighted by atomic mass is 32.2. The molecule has 0 bridgehead atoms. The van der Waals surface area contributed by atoms with E-state index in [1.54, 1.807) is 37.4 Å². The van der Waals surface area contributed by atoms with Gasteiger partial charge < -0.3 is 24.8 Å². The van der Waals surface area contributed by atoms with Gasteiger partial charge in [-0.25, -0.2) is 4.98 Å². The maximum absolute atomic E-state index is 12.7. The molecule has 4 rings (SSSR count). The van der Waals surface area contributed by atoms with Gasteiger partial charge >= 0.3 is 0 Å². The molecule has 3 aromatic rings. The Bertz CT molecular complexity index is 1280. The maximum Gasteiger partial charge on any atom is 0.266 e. The second-order valence-electron chi connectivity index (χ2n) is 7.25. The first-order chi connectivity index (χ1) is 16.4. The third kappa shape index (κ3) is 5.31. The number of carbonyl (C=O) groups excluding carboxylic acids is 2. The van der Waals surface area contributed by atoms with Crippen LogP contribution in [0.4, 0.5) is 5.69 Å². The number of anilines is 1. The number of rotatable bonds is 8. The number of amides is 2. The van der Waals surface area contributed by atoms with Gasteiger partial charge in [-0.15, -0.1) is 0 Å². The number of ether oxygens (including phenoxy) is 3. The summed E-state index contributed by atoms with van der Waals surface area (Å²) in [6.45, 7) is 0.516. The largest absolute Gasteiger partial charge is 0.497 e. The second kappa shape index (κ2) is 10.3. The lowest BCUT2D eigenvalue weighted by molar-refractivity contribution is -0.118. The van der Waals surface area contributed by atoms with Crippen LogP contribution in [0.1, 0.15) is 15.9 Å². The zero-order chi connectivity index (χ0) is 24.1. The molecule has 2 amide bonds. The van der Waals surface area contributed by atoms with Gasteiger partial charge in [0, 0.05) is 25.5 Å². The van der Waals surface area contributed by atoms with Crippen LogP contribution in [0.5, 0.6) is 17.2 Å². The highest BCUT2D eigenvalue weighted by Crippen LogP contribution is 2.32. The quantitative estimate of drug-likeness (QED) is 0.370. The van der Waals surface area contributed by atoms with Gasteiger partial charge in [-0.2, -0.15) is 0 Å². The predicted molar refractivity (Wildman–Crippen MR) is 126 cm³/mol. The van der Waals surface area contributed by atoms with Crippen LogP contribution < -0.4 is 30.4 Å². The van der Waals surface area contributed by atoms with E-state index in [2.05, 4.69) is 15.6 Å². The number of nitrogens with one attached hydrogen (secondary N) is 2. The molecule has 10 nitrogen and oxygen atoms in total. The van der Waals surface area contributed by atoms with Crippen molar-refractivity contribution in [2.45, 2.75) is 11.7 Å². The molecule has 0 spiro atoms. The van der Waals surface area contributed by atoms with E-state index in [0.717, 1.165) is 17.3 Å². The van der Waals surface area contributed by atoms with E-state index in [1.807, 2.05) is 12.1 Å². The molecular weight excluding hydrogens is 460 g/mol. The van der Waals surface area contributed by atoms with Crippen LogP contribution in [0.2, 0.25) is 0 Å². The predicted octanol–water partition coefficient (Wildman–Crippen LogP) is 2.18. The Kier molecular flexibility index (Phi) is 7.02. The molecule has 34 heavy (non-hydrogen) atoms. The standard InChI is InChI=1S/C23H22N4O6S/c1-27-22(30)17(21(29)26-15-4-6-16(31-2)7-5-15)11-25-23(27)34-12-20(28)24-10-14-3-8-18-19(9-14)33-13-32-18/h3-9,11H,10,12-13H2,1-2H3,(H,24,28)(H,26,29). The van der Waals surface area contributed by atoms with Crippen molar-refractivity contribution in [2.75, 3.05) is 25.0 Å². The van der Waals surface area contributed by atoms with Crippen molar-refractivity contribution < 1.29 is 23.8 Å². The van der Waals surface area contributed by atoms with Crippen molar-refractivity contribution in [3.63, 3.8) is 0 Å². The van der Waals surface area contributed by atoms with Crippen molar-refractivity contribution in [3.8, 4) is 17.2 Å². The Hall–Kier alpha value is -3.99. The topological polar surface area (TPSA) is 121 Å². The fourth-order valence-electron chi connectivity index (χ4n) is 3.12. The lowest BCUT2D eigenvalue weighted by atomic mass is 10.2. The van der Waals surface area contributed by atoms with E-state index in [-0.39, 0.29) is 24.0 Å². The highest BCUT2D eigenvalue weighted by molar-refractivity contribution is 7.99. The minimum absolute atomic E-state index is 0.0578. The number of carbonyl (C=O) groups is 2. The molecule has 1 aromatic heterocycles. The minimum Gasteiger partial charge on any atom is -0.497 e. The first kappa shape index (κ1) is 23.2. The van der Waals surface area contributed by atoms with Crippen LogP contribution in [0.25, 0.3) is 0 Å². The van der Waals surface area contributed by atoms with Crippen LogP contribution in [-0.4, -0.2) is 41.0 Å². The van der Waals surface area contributed by atoms with Gasteiger partial charge in [0.25, 0.3) is 11.5 Å². The Morgan fingerprint density at radius 1 is 1.15 bits per heavy atom. The zero-order valence-corrected chi connectivity index (χ0v) is 19.3. The van der Waals surface area contributed by atoms with Crippen molar-refractivity contribution in [2.24, 2.45) is 7.05 Å². The van der Waals surface area contributed by atoms with Crippen molar-refractivity contribution in [1.29, 1.82) is 0 Å². The first-order valence-corrected chi connectivity index (χ1v) is 11.2. The van der Waals surface area contributed by atoms with Gasteiger partial charge in [-0.05, 0) is 42.0 Å². The number of hydrogen-bond acceptors (Lipinski definition) is 8. The third-order valence-electron chi connectivity index (χ3n) is 4.98. The average Bonchev–Trinajstić information content (AvgIpc) is 3.32. The van der Waals surface area contributed by atoms with Crippen molar-refractivity contribution >= 4 is 29.3 Å². The normalized spacial score (nSPS) is 11.7. The maximum atomic E-state index is 12.7. The highest BCUT2D eigenvalue weighted by Gasteiger charge is 2.17. The molecule has 0 unspecified atom stereocenters. The van der Waals surface area contributed by atoms with E-state index < -0.39 is 11.5 Å². The van der Waals surface area contributed by atoms with Gasteiger partial charge in [0.2, 0.25) is 12.7 Å². The van der Waals surface area contributed by atoms with Crippen LogP contribution in [0.3, 0.4) is 0 Å². The minimum atomic E-state index is -0.573. The van der Waals surface area contributed by atoms with Crippen molar-refractivity contribution in [3.05, 3.63) is 70.1 Å². The summed E-state index contributed by atoms with van der Waals surface area (Å²) in [5.74, 6) is 1.24. The Morgan fingerprint density at radius 3 is 2.68 bits per heavy atom. The number of thioether (sulfide) groups is 1. The third-order valence-corrected chi connectivity index (χ3v) is 6.02. The van der Waals surface area contributed by atoms with Gasteiger partial charge in [-0.1, -0.05) is 17.8 Å². The van der Waals surface area contributed by atoms with Gasteiger partial charge in [0.1, 0.15) is 11.3 Å². The fraction of sp³-hybridized carbons (Fsp3) is 0.217. The van der Waals surface area contributed by atoms with Crippen LogP contribution >= 0.6 is 11.8 Å². The van der Waals surface area contributed by atoms with E-state index in [1.165, 1.54) is 17.8 Å². The number of methoxy groups -OCH3 is 1. The molecule has 176 valence electrons. The Labute approximate surface area is 199 Å². The molecule has 0 aliphatic carbocycles. The molecule has 0 fully saturated rings. The summed E-state index contributed by atoms with van der Waals surface area (Å²) in [5.41, 5.74) is 0.782. The number of nitrogens with zero attached hydrogens (tertiary/aromatic N) is 2. The molecule has 1 aliphatic rings. The second-order valence-corrected chi connectivity index (χ2v) is 8.20.